The molecule has 0 aliphatic heterocycles. The maximum atomic E-state index is 12.9. The van der Waals surface area contributed by atoms with E-state index in [1.807, 2.05) is 20.8 Å². The summed E-state index contributed by atoms with van der Waals surface area (Å²) < 4.78 is 11.2. The zero-order valence-corrected chi connectivity index (χ0v) is 23.6. The minimum absolute atomic E-state index is 0.157. The van der Waals surface area contributed by atoms with Crippen LogP contribution in [0.1, 0.15) is 163 Å². The van der Waals surface area contributed by atoms with Gasteiger partial charge in [0.1, 0.15) is 0 Å². The number of unbranched alkanes of at least 4 members (excludes halogenated alkanes) is 15. The molecule has 0 saturated carbocycles. The van der Waals surface area contributed by atoms with E-state index in [9.17, 15) is 9.59 Å². The van der Waals surface area contributed by atoms with E-state index in [0.29, 0.717) is 19.4 Å². The minimum atomic E-state index is -1.16. The molecule has 34 heavy (non-hydrogen) atoms. The number of rotatable bonds is 24. The first-order chi connectivity index (χ1) is 16.5. The highest BCUT2D eigenvalue weighted by Crippen LogP contribution is 2.31. The second-order valence-electron chi connectivity index (χ2n) is 10.2. The van der Waals surface area contributed by atoms with Crippen molar-refractivity contribution < 1.29 is 19.1 Å². The maximum absolute atomic E-state index is 12.9. The van der Waals surface area contributed by atoms with Crippen LogP contribution < -0.4 is 0 Å². The lowest BCUT2D eigenvalue weighted by molar-refractivity contribution is -0.176. The van der Waals surface area contributed by atoms with E-state index in [-0.39, 0.29) is 6.10 Å². The Morgan fingerprint density at radius 3 is 1.44 bits per heavy atom. The minimum Gasteiger partial charge on any atom is -0.465 e. The van der Waals surface area contributed by atoms with Crippen LogP contribution in [0.4, 0.5) is 0 Å². The summed E-state index contributed by atoms with van der Waals surface area (Å²) in [5.41, 5.74) is -1.16. The van der Waals surface area contributed by atoms with Gasteiger partial charge >= 0.3 is 11.9 Å². The highest BCUT2D eigenvalue weighted by atomic mass is 16.6. The van der Waals surface area contributed by atoms with E-state index in [0.717, 1.165) is 32.1 Å². The van der Waals surface area contributed by atoms with E-state index < -0.39 is 17.4 Å². The largest absolute Gasteiger partial charge is 0.465 e. The molecule has 202 valence electrons. The molecule has 0 fully saturated rings. The van der Waals surface area contributed by atoms with Crippen molar-refractivity contribution >= 4 is 11.9 Å². The molecule has 0 amide bonds. The molecular weight excluding hydrogens is 424 g/mol. The molecule has 0 bridgehead atoms. The molecule has 1 atom stereocenters. The zero-order chi connectivity index (χ0) is 25.5. The van der Waals surface area contributed by atoms with Crippen molar-refractivity contribution in [3.8, 4) is 0 Å². The molecule has 1 unspecified atom stereocenters. The molecule has 0 saturated heterocycles. The van der Waals surface area contributed by atoms with E-state index in [1.165, 1.54) is 83.5 Å². The van der Waals surface area contributed by atoms with Crippen LogP contribution in [0.25, 0.3) is 0 Å². The Kier molecular flexibility index (Phi) is 21.7. The van der Waals surface area contributed by atoms with Gasteiger partial charge in [-0.2, -0.15) is 0 Å². The maximum Gasteiger partial charge on any atom is 0.323 e. The van der Waals surface area contributed by atoms with Crippen molar-refractivity contribution in [3.63, 3.8) is 0 Å². The van der Waals surface area contributed by atoms with Gasteiger partial charge in [0.05, 0.1) is 12.7 Å². The third-order valence-electron chi connectivity index (χ3n) is 7.24. The summed E-state index contributed by atoms with van der Waals surface area (Å²) in [5.74, 6) is -0.810. The predicted molar refractivity (Wildman–Crippen MR) is 144 cm³/mol. The van der Waals surface area contributed by atoms with Crippen LogP contribution in [0.5, 0.6) is 0 Å². The number of hydrogen-bond donors (Lipinski definition) is 0. The fourth-order valence-electron chi connectivity index (χ4n) is 4.55. The van der Waals surface area contributed by atoms with E-state index in [1.54, 1.807) is 0 Å². The van der Waals surface area contributed by atoms with Crippen LogP contribution in [0, 0.1) is 5.41 Å². The van der Waals surface area contributed by atoms with Gasteiger partial charge in [-0.25, -0.2) is 0 Å². The topological polar surface area (TPSA) is 52.6 Å². The Hall–Kier alpha value is -1.06. The van der Waals surface area contributed by atoms with Crippen LogP contribution in [0.15, 0.2) is 0 Å². The van der Waals surface area contributed by atoms with Crippen molar-refractivity contribution in [2.75, 3.05) is 6.61 Å². The quantitative estimate of drug-likeness (QED) is 0.0781. The standard InChI is InChI=1S/C30H58O4/c1-6-10-12-14-15-16-17-18-19-20-21-22-24-26-33-28(31)30(8-3,9-4)29(32)34-27(5)25-23-13-11-7-2/h27H,6-26H2,1-5H3. The lowest BCUT2D eigenvalue weighted by atomic mass is 9.82. The number of esters is 2. The zero-order valence-electron chi connectivity index (χ0n) is 23.6. The first kappa shape index (κ1) is 32.9. The summed E-state index contributed by atoms with van der Waals surface area (Å²) >= 11 is 0. The molecule has 0 radical (unpaired) electrons. The molecule has 0 heterocycles. The number of hydrogen-bond acceptors (Lipinski definition) is 4. The average molecular weight is 483 g/mol. The van der Waals surface area contributed by atoms with Gasteiger partial charge in [0.25, 0.3) is 0 Å². The molecule has 0 aromatic carbocycles. The van der Waals surface area contributed by atoms with Gasteiger partial charge in [-0.1, -0.05) is 124 Å². The summed E-state index contributed by atoms with van der Waals surface area (Å²) in [5, 5.41) is 0. The number of carbonyl (C=O) groups excluding carboxylic acids is 2. The molecule has 4 heteroatoms. The SMILES string of the molecule is CCCCCCCCCCCCCCCOC(=O)C(CC)(CC)C(=O)OC(C)CCCCCC. The molecule has 0 aliphatic carbocycles. The Bertz CT molecular complexity index is 484. The van der Waals surface area contributed by atoms with Crippen molar-refractivity contribution in [2.45, 2.75) is 169 Å². The number of ether oxygens (including phenoxy) is 2. The molecule has 0 aliphatic rings. The molecule has 0 rings (SSSR count). The average Bonchev–Trinajstić information content (AvgIpc) is 2.83. The Labute approximate surface area is 212 Å². The van der Waals surface area contributed by atoms with Crippen molar-refractivity contribution in [3.05, 3.63) is 0 Å². The lowest BCUT2D eigenvalue weighted by Crippen LogP contribution is -2.42. The highest BCUT2D eigenvalue weighted by molar-refractivity contribution is 6.00. The van der Waals surface area contributed by atoms with Crippen LogP contribution in [0.2, 0.25) is 0 Å². The van der Waals surface area contributed by atoms with Crippen molar-refractivity contribution in [2.24, 2.45) is 5.41 Å². The highest BCUT2D eigenvalue weighted by Gasteiger charge is 2.46. The van der Waals surface area contributed by atoms with Gasteiger partial charge in [0, 0.05) is 0 Å². The fraction of sp³-hybridized carbons (Fsp3) is 0.933. The predicted octanol–water partition coefficient (Wildman–Crippen LogP) is 9.33. The van der Waals surface area contributed by atoms with Crippen LogP contribution in [-0.2, 0) is 19.1 Å². The third kappa shape index (κ3) is 15.0. The second-order valence-corrected chi connectivity index (χ2v) is 10.2. The molecule has 0 spiro atoms. The van der Waals surface area contributed by atoms with Crippen molar-refractivity contribution in [1.82, 2.24) is 0 Å². The summed E-state index contributed by atoms with van der Waals surface area (Å²) in [7, 11) is 0. The third-order valence-corrected chi connectivity index (χ3v) is 7.24. The van der Waals surface area contributed by atoms with E-state index in [4.69, 9.17) is 9.47 Å². The van der Waals surface area contributed by atoms with Gasteiger partial charge in [-0.05, 0) is 39.0 Å². The molecule has 0 aromatic rings. The van der Waals surface area contributed by atoms with Crippen LogP contribution in [-0.4, -0.2) is 24.6 Å². The lowest BCUT2D eigenvalue weighted by Gasteiger charge is -2.28. The smallest absolute Gasteiger partial charge is 0.323 e. The second kappa shape index (κ2) is 22.4. The Balaban J connectivity index is 4.02. The Morgan fingerprint density at radius 1 is 0.588 bits per heavy atom. The van der Waals surface area contributed by atoms with Gasteiger partial charge in [-0.3, -0.25) is 9.59 Å². The summed E-state index contributed by atoms with van der Waals surface area (Å²) in [6.45, 7) is 10.5. The van der Waals surface area contributed by atoms with E-state index >= 15 is 0 Å². The van der Waals surface area contributed by atoms with Gasteiger partial charge in [0.15, 0.2) is 5.41 Å². The van der Waals surface area contributed by atoms with Crippen LogP contribution >= 0.6 is 0 Å². The first-order valence-electron chi connectivity index (χ1n) is 14.9. The normalized spacial score (nSPS) is 12.5. The van der Waals surface area contributed by atoms with Gasteiger partial charge in [0.2, 0.25) is 0 Å². The van der Waals surface area contributed by atoms with Gasteiger partial charge < -0.3 is 9.47 Å². The summed E-state index contributed by atoms with van der Waals surface area (Å²) in [4.78, 5) is 25.7. The monoisotopic (exact) mass is 482 g/mol. The first-order valence-corrected chi connectivity index (χ1v) is 14.9. The number of carbonyl (C=O) groups is 2. The Morgan fingerprint density at radius 2 is 1.00 bits per heavy atom. The summed E-state index contributed by atoms with van der Waals surface area (Å²) in [6.07, 6.45) is 22.9. The summed E-state index contributed by atoms with van der Waals surface area (Å²) in [6, 6.07) is 0. The van der Waals surface area contributed by atoms with Gasteiger partial charge in [-0.15, -0.1) is 0 Å². The molecular formula is C30H58O4. The van der Waals surface area contributed by atoms with Crippen LogP contribution in [0.3, 0.4) is 0 Å². The molecule has 4 nitrogen and oxygen atoms in total. The fourth-order valence-corrected chi connectivity index (χ4v) is 4.55. The molecule has 0 aromatic heterocycles. The van der Waals surface area contributed by atoms with Crippen molar-refractivity contribution in [1.29, 1.82) is 0 Å². The molecule has 0 N–H and O–H groups in total. The van der Waals surface area contributed by atoms with E-state index in [2.05, 4.69) is 13.8 Å².